The molecule has 108 valence electrons. The number of H-pyrrole nitrogens is 1. The van der Waals surface area contributed by atoms with Crippen molar-refractivity contribution in [3.63, 3.8) is 0 Å². The second-order valence-electron chi connectivity index (χ2n) is 5.05. The molecule has 1 heterocycles. The molecule has 0 bridgehead atoms. The SMILES string of the molecule is COc1cccc2cccc(-c3cc(C)[nH]c(=O)c3C#N)c12. The Morgan fingerprint density at radius 2 is 1.86 bits per heavy atom. The van der Waals surface area contributed by atoms with Gasteiger partial charge in [0.2, 0.25) is 0 Å². The van der Waals surface area contributed by atoms with Gasteiger partial charge in [-0.05, 0) is 30.0 Å². The molecule has 3 rings (SSSR count). The number of rotatable bonds is 2. The van der Waals surface area contributed by atoms with Gasteiger partial charge in [-0.15, -0.1) is 0 Å². The van der Waals surface area contributed by atoms with Gasteiger partial charge in [0.05, 0.1) is 7.11 Å². The Bertz CT molecular complexity index is 960. The molecule has 1 N–H and O–H groups in total. The van der Waals surface area contributed by atoms with E-state index < -0.39 is 0 Å². The summed E-state index contributed by atoms with van der Waals surface area (Å²) >= 11 is 0. The van der Waals surface area contributed by atoms with Gasteiger partial charge in [0.15, 0.2) is 0 Å². The van der Waals surface area contributed by atoms with Gasteiger partial charge >= 0.3 is 0 Å². The van der Waals surface area contributed by atoms with Crippen molar-refractivity contribution in [1.82, 2.24) is 4.98 Å². The van der Waals surface area contributed by atoms with E-state index in [0.717, 1.165) is 22.1 Å². The predicted octanol–water partition coefficient (Wildman–Crippen LogP) is 3.38. The topological polar surface area (TPSA) is 65.9 Å². The lowest BCUT2D eigenvalue weighted by Crippen LogP contribution is -2.12. The first kappa shape index (κ1) is 13.9. The quantitative estimate of drug-likeness (QED) is 0.786. The van der Waals surface area contributed by atoms with Gasteiger partial charge in [-0.25, -0.2) is 0 Å². The summed E-state index contributed by atoms with van der Waals surface area (Å²) in [6, 6.07) is 15.4. The molecule has 4 heteroatoms. The predicted molar refractivity (Wildman–Crippen MR) is 86.0 cm³/mol. The molecule has 0 aliphatic heterocycles. The van der Waals surface area contributed by atoms with Crippen molar-refractivity contribution in [2.45, 2.75) is 6.92 Å². The molecule has 0 saturated carbocycles. The standard InChI is InChI=1S/C18H14N2O2/c1-11-9-14(15(10-19)18(21)20-11)13-7-3-5-12-6-4-8-16(22-2)17(12)13/h3-9H,1-2H3,(H,20,21). The lowest BCUT2D eigenvalue weighted by molar-refractivity contribution is 0.420. The molecule has 0 atom stereocenters. The Labute approximate surface area is 127 Å². The molecule has 0 spiro atoms. The minimum Gasteiger partial charge on any atom is -0.496 e. The lowest BCUT2D eigenvalue weighted by atomic mass is 9.95. The van der Waals surface area contributed by atoms with Crippen LogP contribution in [0.3, 0.4) is 0 Å². The van der Waals surface area contributed by atoms with Gasteiger partial charge in [-0.3, -0.25) is 4.79 Å². The van der Waals surface area contributed by atoms with Crippen LogP contribution in [0.1, 0.15) is 11.3 Å². The maximum atomic E-state index is 12.0. The third-order valence-corrected chi connectivity index (χ3v) is 3.66. The third kappa shape index (κ3) is 2.13. The first-order valence-electron chi connectivity index (χ1n) is 6.86. The van der Waals surface area contributed by atoms with Gasteiger partial charge in [-0.2, -0.15) is 5.26 Å². The summed E-state index contributed by atoms with van der Waals surface area (Å²) in [7, 11) is 1.61. The van der Waals surface area contributed by atoms with Gasteiger partial charge in [-0.1, -0.05) is 30.3 Å². The van der Waals surface area contributed by atoms with E-state index in [1.165, 1.54) is 0 Å². The number of hydrogen-bond acceptors (Lipinski definition) is 3. The highest BCUT2D eigenvalue weighted by Gasteiger charge is 2.14. The Hall–Kier alpha value is -3.06. The normalized spacial score (nSPS) is 10.4. The Kier molecular flexibility index (Phi) is 3.40. The highest BCUT2D eigenvalue weighted by Crippen LogP contribution is 2.36. The summed E-state index contributed by atoms with van der Waals surface area (Å²) < 4.78 is 5.45. The summed E-state index contributed by atoms with van der Waals surface area (Å²) in [4.78, 5) is 14.7. The van der Waals surface area contributed by atoms with Gasteiger partial charge < -0.3 is 9.72 Å². The van der Waals surface area contributed by atoms with Crippen molar-refractivity contribution >= 4 is 10.8 Å². The first-order valence-corrected chi connectivity index (χ1v) is 6.86. The fraction of sp³-hybridized carbons (Fsp3) is 0.111. The molecular formula is C18H14N2O2. The Morgan fingerprint density at radius 1 is 1.14 bits per heavy atom. The molecule has 0 saturated heterocycles. The molecule has 0 unspecified atom stereocenters. The zero-order chi connectivity index (χ0) is 15.7. The maximum absolute atomic E-state index is 12.0. The van der Waals surface area contributed by atoms with Crippen LogP contribution in [0, 0.1) is 18.3 Å². The number of aryl methyl sites for hydroxylation is 1. The summed E-state index contributed by atoms with van der Waals surface area (Å²) in [6.07, 6.45) is 0. The first-order chi connectivity index (χ1) is 10.7. The number of hydrogen-bond donors (Lipinski definition) is 1. The molecule has 2 aromatic carbocycles. The van der Waals surface area contributed by atoms with Crippen LogP contribution in [0.2, 0.25) is 0 Å². The van der Waals surface area contributed by atoms with Crippen LogP contribution in [0.4, 0.5) is 0 Å². The van der Waals surface area contributed by atoms with Crippen molar-refractivity contribution in [2.24, 2.45) is 0 Å². The second-order valence-corrected chi connectivity index (χ2v) is 5.05. The number of nitriles is 1. The van der Waals surface area contributed by atoms with Gasteiger partial charge in [0, 0.05) is 16.6 Å². The molecular weight excluding hydrogens is 276 g/mol. The van der Waals surface area contributed by atoms with E-state index >= 15 is 0 Å². The summed E-state index contributed by atoms with van der Waals surface area (Å²) in [5.74, 6) is 0.718. The van der Waals surface area contributed by atoms with Crippen molar-refractivity contribution in [2.75, 3.05) is 7.11 Å². The van der Waals surface area contributed by atoms with Crippen LogP contribution in [-0.2, 0) is 0 Å². The number of nitrogens with zero attached hydrogens (tertiary/aromatic N) is 1. The monoisotopic (exact) mass is 290 g/mol. The molecule has 4 nitrogen and oxygen atoms in total. The van der Waals surface area contributed by atoms with Crippen LogP contribution in [0.5, 0.6) is 5.75 Å². The number of ether oxygens (including phenoxy) is 1. The van der Waals surface area contributed by atoms with Gasteiger partial charge in [0.25, 0.3) is 5.56 Å². The van der Waals surface area contributed by atoms with E-state index in [-0.39, 0.29) is 11.1 Å². The van der Waals surface area contributed by atoms with Crippen molar-refractivity contribution in [3.05, 3.63) is 64.1 Å². The lowest BCUT2D eigenvalue weighted by Gasteiger charge is -2.12. The van der Waals surface area contributed by atoms with Gasteiger partial charge in [0.1, 0.15) is 17.4 Å². The highest BCUT2D eigenvalue weighted by molar-refractivity contribution is 6.01. The summed E-state index contributed by atoms with van der Waals surface area (Å²) in [5.41, 5.74) is 1.90. The van der Waals surface area contributed by atoms with Crippen LogP contribution >= 0.6 is 0 Å². The van der Waals surface area contributed by atoms with Crippen molar-refractivity contribution < 1.29 is 4.74 Å². The number of fused-ring (bicyclic) bond motifs is 1. The highest BCUT2D eigenvalue weighted by atomic mass is 16.5. The largest absolute Gasteiger partial charge is 0.496 e. The number of aromatic amines is 1. The smallest absolute Gasteiger partial charge is 0.266 e. The third-order valence-electron chi connectivity index (χ3n) is 3.66. The van der Waals surface area contributed by atoms with E-state index in [9.17, 15) is 10.1 Å². The molecule has 0 amide bonds. The van der Waals surface area contributed by atoms with E-state index in [4.69, 9.17) is 4.74 Å². The molecule has 0 aliphatic carbocycles. The molecule has 1 aromatic heterocycles. The number of nitrogens with one attached hydrogen (secondary N) is 1. The molecule has 0 aliphatic rings. The number of pyridine rings is 1. The minimum absolute atomic E-state index is 0.115. The number of aromatic nitrogens is 1. The molecule has 22 heavy (non-hydrogen) atoms. The zero-order valence-electron chi connectivity index (χ0n) is 12.3. The van der Waals surface area contributed by atoms with Crippen molar-refractivity contribution in [1.29, 1.82) is 5.26 Å². The Morgan fingerprint density at radius 3 is 2.55 bits per heavy atom. The average Bonchev–Trinajstić information content (AvgIpc) is 2.53. The number of methoxy groups -OCH3 is 1. The molecule has 3 aromatic rings. The molecule has 0 radical (unpaired) electrons. The summed E-state index contributed by atoms with van der Waals surface area (Å²) in [6.45, 7) is 1.80. The maximum Gasteiger partial charge on any atom is 0.266 e. The van der Waals surface area contributed by atoms with Crippen LogP contribution in [0.25, 0.3) is 21.9 Å². The van der Waals surface area contributed by atoms with Crippen molar-refractivity contribution in [3.8, 4) is 22.9 Å². The average molecular weight is 290 g/mol. The number of benzene rings is 2. The summed E-state index contributed by atoms with van der Waals surface area (Å²) in [5, 5.41) is 11.2. The van der Waals surface area contributed by atoms with E-state index in [1.54, 1.807) is 14.0 Å². The van der Waals surface area contributed by atoms with Crippen LogP contribution in [-0.4, -0.2) is 12.1 Å². The van der Waals surface area contributed by atoms with E-state index in [1.807, 2.05) is 48.5 Å². The fourth-order valence-corrected chi connectivity index (χ4v) is 2.71. The van der Waals surface area contributed by atoms with Crippen LogP contribution in [0.15, 0.2) is 47.3 Å². The molecule has 0 fully saturated rings. The fourth-order valence-electron chi connectivity index (χ4n) is 2.71. The zero-order valence-corrected chi connectivity index (χ0v) is 12.3. The van der Waals surface area contributed by atoms with Crippen LogP contribution < -0.4 is 10.3 Å². The van der Waals surface area contributed by atoms with E-state index in [2.05, 4.69) is 4.98 Å². The Balaban J connectivity index is 2.47. The van der Waals surface area contributed by atoms with E-state index in [0.29, 0.717) is 11.3 Å². The minimum atomic E-state index is -0.371. The second kappa shape index (κ2) is 5.38.